The van der Waals surface area contributed by atoms with Crippen LogP contribution in [0.25, 0.3) is 0 Å². The van der Waals surface area contributed by atoms with E-state index in [4.69, 9.17) is 10.5 Å². The third-order valence-electron chi connectivity index (χ3n) is 2.40. The van der Waals surface area contributed by atoms with Crippen LogP contribution in [0, 0.1) is 12.8 Å². The fourth-order valence-corrected chi connectivity index (χ4v) is 1.57. The van der Waals surface area contributed by atoms with Crippen molar-refractivity contribution < 1.29 is 4.74 Å². The van der Waals surface area contributed by atoms with Gasteiger partial charge < -0.3 is 10.5 Å². The summed E-state index contributed by atoms with van der Waals surface area (Å²) in [4.78, 5) is 4.32. The summed E-state index contributed by atoms with van der Waals surface area (Å²) in [5.74, 6) is 1.43. The molecule has 16 heavy (non-hydrogen) atoms. The molecule has 0 spiro atoms. The highest BCUT2D eigenvalue weighted by Gasteiger charge is 2.01. The van der Waals surface area contributed by atoms with Crippen LogP contribution in [0.2, 0.25) is 0 Å². The normalized spacial score (nSPS) is 10.8. The van der Waals surface area contributed by atoms with Gasteiger partial charge in [-0.15, -0.1) is 0 Å². The van der Waals surface area contributed by atoms with Crippen LogP contribution in [0.1, 0.15) is 37.9 Å². The van der Waals surface area contributed by atoms with E-state index in [1.807, 2.05) is 19.1 Å². The van der Waals surface area contributed by atoms with Crippen molar-refractivity contribution in [3.05, 3.63) is 23.4 Å². The highest BCUT2D eigenvalue weighted by Crippen LogP contribution is 2.13. The summed E-state index contributed by atoms with van der Waals surface area (Å²) in [6.07, 6.45) is 2.26. The van der Waals surface area contributed by atoms with Gasteiger partial charge in [-0.05, 0) is 37.3 Å². The van der Waals surface area contributed by atoms with Crippen LogP contribution in [0.15, 0.2) is 12.1 Å². The summed E-state index contributed by atoms with van der Waals surface area (Å²) in [7, 11) is 0. The Kier molecular flexibility index (Phi) is 5.26. The third-order valence-corrected chi connectivity index (χ3v) is 2.40. The molecule has 0 unspecified atom stereocenters. The number of aromatic nitrogens is 1. The molecule has 0 aliphatic carbocycles. The molecule has 0 aromatic carbocycles. The zero-order valence-electron chi connectivity index (χ0n) is 10.5. The molecule has 90 valence electrons. The third kappa shape index (κ3) is 4.62. The molecule has 1 aromatic rings. The summed E-state index contributed by atoms with van der Waals surface area (Å²) in [5, 5.41) is 0. The molecule has 0 amide bonds. The minimum Gasteiger partial charge on any atom is -0.478 e. The Morgan fingerprint density at radius 1 is 1.38 bits per heavy atom. The minimum atomic E-state index is 0.533. The standard InChI is InChI=1S/C13H22N2O/c1-10(2)5-4-6-16-13-8-12(9-14)7-11(3)15-13/h7-8,10H,4-6,9,14H2,1-3H3. The Balaban J connectivity index is 2.44. The maximum absolute atomic E-state index is 5.61. The maximum Gasteiger partial charge on any atom is 0.213 e. The molecule has 0 bridgehead atoms. The minimum absolute atomic E-state index is 0.533. The Bertz CT molecular complexity index is 324. The largest absolute Gasteiger partial charge is 0.478 e. The lowest BCUT2D eigenvalue weighted by Gasteiger charge is -2.08. The lowest BCUT2D eigenvalue weighted by Crippen LogP contribution is -2.04. The zero-order chi connectivity index (χ0) is 12.0. The molecule has 0 atom stereocenters. The predicted octanol–water partition coefficient (Wildman–Crippen LogP) is 2.66. The predicted molar refractivity (Wildman–Crippen MR) is 66.4 cm³/mol. The fraction of sp³-hybridized carbons (Fsp3) is 0.615. The molecule has 1 heterocycles. The number of nitrogens with two attached hydrogens (primary N) is 1. The zero-order valence-corrected chi connectivity index (χ0v) is 10.5. The molecular weight excluding hydrogens is 200 g/mol. The molecule has 3 nitrogen and oxygen atoms in total. The molecule has 2 N–H and O–H groups in total. The van der Waals surface area contributed by atoms with Gasteiger partial charge in [0.1, 0.15) is 0 Å². The van der Waals surface area contributed by atoms with E-state index in [1.165, 1.54) is 6.42 Å². The van der Waals surface area contributed by atoms with Crippen molar-refractivity contribution in [3.63, 3.8) is 0 Å². The average molecular weight is 222 g/mol. The monoisotopic (exact) mass is 222 g/mol. The molecule has 1 aromatic heterocycles. The van der Waals surface area contributed by atoms with E-state index in [1.54, 1.807) is 0 Å². The summed E-state index contributed by atoms with van der Waals surface area (Å²) < 4.78 is 5.61. The number of hydrogen-bond donors (Lipinski definition) is 1. The van der Waals surface area contributed by atoms with E-state index in [0.717, 1.165) is 30.2 Å². The van der Waals surface area contributed by atoms with Gasteiger partial charge in [0.2, 0.25) is 5.88 Å². The van der Waals surface area contributed by atoms with Gasteiger partial charge in [0.15, 0.2) is 0 Å². The molecule has 1 rings (SSSR count). The van der Waals surface area contributed by atoms with Gasteiger partial charge in [0, 0.05) is 18.3 Å². The van der Waals surface area contributed by atoms with Crippen LogP contribution in [0.3, 0.4) is 0 Å². The van der Waals surface area contributed by atoms with Crippen LogP contribution in [-0.2, 0) is 6.54 Å². The Hall–Kier alpha value is -1.09. The molecule has 0 radical (unpaired) electrons. The van der Waals surface area contributed by atoms with E-state index in [-0.39, 0.29) is 0 Å². The second-order valence-electron chi connectivity index (χ2n) is 4.54. The van der Waals surface area contributed by atoms with Gasteiger partial charge >= 0.3 is 0 Å². The fourth-order valence-electron chi connectivity index (χ4n) is 1.57. The van der Waals surface area contributed by atoms with Gasteiger partial charge in [-0.25, -0.2) is 4.98 Å². The number of rotatable bonds is 6. The second kappa shape index (κ2) is 6.48. The number of pyridine rings is 1. The first-order valence-electron chi connectivity index (χ1n) is 5.92. The molecule has 0 saturated heterocycles. The van der Waals surface area contributed by atoms with E-state index in [0.29, 0.717) is 12.4 Å². The lowest BCUT2D eigenvalue weighted by atomic mass is 10.1. The summed E-state index contributed by atoms with van der Waals surface area (Å²) >= 11 is 0. The first-order chi connectivity index (χ1) is 7.61. The van der Waals surface area contributed by atoms with Crippen molar-refractivity contribution in [1.29, 1.82) is 0 Å². The Morgan fingerprint density at radius 3 is 2.75 bits per heavy atom. The SMILES string of the molecule is Cc1cc(CN)cc(OCCCC(C)C)n1. The van der Waals surface area contributed by atoms with Crippen LogP contribution >= 0.6 is 0 Å². The van der Waals surface area contributed by atoms with Crippen LogP contribution in [0.5, 0.6) is 5.88 Å². The van der Waals surface area contributed by atoms with Gasteiger partial charge in [-0.1, -0.05) is 13.8 Å². The van der Waals surface area contributed by atoms with Gasteiger partial charge in [0.25, 0.3) is 0 Å². The maximum atomic E-state index is 5.61. The first kappa shape index (κ1) is 13.0. The van der Waals surface area contributed by atoms with Gasteiger partial charge in [-0.3, -0.25) is 0 Å². The van der Waals surface area contributed by atoms with Crippen LogP contribution in [-0.4, -0.2) is 11.6 Å². The summed E-state index contributed by atoms with van der Waals surface area (Å²) in [5.41, 5.74) is 7.63. The number of aryl methyl sites for hydroxylation is 1. The molecule has 0 saturated carbocycles. The average Bonchev–Trinajstić information content (AvgIpc) is 2.23. The van der Waals surface area contributed by atoms with Gasteiger partial charge in [-0.2, -0.15) is 0 Å². The summed E-state index contributed by atoms with van der Waals surface area (Å²) in [6.45, 7) is 7.67. The van der Waals surface area contributed by atoms with Crippen molar-refractivity contribution in [2.45, 2.75) is 40.2 Å². The number of ether oxygens (including phenoxy) is 1. The molecular formula is C13H22N2O. The lowest BCUT2D eigenvalue weighted by molar-refractivity contribution is 0.286. The van der Waals surface area contributed by atoms with Crippen molar-refractivity contribution >= 4 is 0 Å². The van der Waals surface area contributed by atoms with Crippen LogP contribution in [0.4, 0.5) is 0 Å². The van der Waals surface area contributed by atoms with E-state index in [9.17, 15) is 0 Å². The number of hydrogen-bond acceptors (Lipinski definition) is 3. The molecule has 0 aliphatic rings. The van der Waals surface area contributed by atoms with Crippen molar-refractivity contribution in [2.75, 3.05) is 6.61 Å². The smallest absolute Gasteiger partial charge is 0.213 e. The van der Waals surface area contributed by atoms with Crippen molar-refractivity contribution in [2.24, 2.45) is 11.7 Å². The molecule has 0 aliphatic heterocycles. The Morgan fingerprint density at radius 2 is 2.12 bits per heavy atom. The molecule has 3 heteroatoms. The highest BCUT2D eigenvalue weighted by molar-refractivity contribution is 5.24. The van der Waals surface area contributed by atoms with Crippen molar-refractivity contribution in [3.8, 4) is 5.88 Å². The van der Waals surface area contributed by atoms with Crippen molar-refractivity contribution in [1.82, 2.24) is 4.98 Å². The molecule has 0 fully saturated rings. The summed E-state index contributed by atoms with van der Waals surface area (Å²) in [6, 6.07) is 3.91. The first-order valence-corrected chi connectivity index (χ1v) is 5.92. The van der Waals surface area contributed by atoms with E-state index >= 15 is 0 Å². The Labute approximate surface area is 98.0 Å². The van der Waals surface area contributed by atoms with E-state index in [2.05, 4.69) is 18.8 Å². The second-order valence-corrected chi connectivity index (χ2v) is 4.54. The quantitative estimate of drug-likeness (QED) is 0.753. The van der Waals surface area contributed by atoms with E-state index < -0.39 is 0 Å². The van der Waals surface area contributed by atoms with Gasteiger partial charge in [0.05, 0.1) is 6.61 Å². The highest BCUT2D eigenvalue weighted by atomic mass is 16.5. The topological polar surface area (TPSA) is 48.1 Å². The van der Waals surface area contributed by atoms with Crippen LogP contribution < -0.4 is 10.5 Å². The number of nitrogens with zero attached hydrogens (tertiary/aromatic N) is 1.